The fourth-order valence-corrected chi connectivity index (χ4v) is 4.44. The maximum Gasteiger partial charge on any atom is 0.335 e. The summed E-state index contributed by atoms with van der Waals surface area (Å²) in [6.07, 6.45) is 2.74. The molecule has 1 amide bonds. The molecule has 34 heavy (non-hydrogen) atoms. The SMILES string of the molecule is CN(CCOc1cccc(F)c1)C1(C(=O)NC2(c3ccc(C(=O)O)cc3)CC2)CCOCC1.Cl. The molecule has 0 bridgehead atoms. The molecule has 7 nitrogen and oxygen atoms in total. The first-order valence-electron chi connectivity index (χ1n) is 11.2. The summed E-state index contributed by atoms with van der Waals surface area (Å²) in [7, 11) is 1.90. The molecule has 184 valence electrons. The predicted molar refractivity (Wildman–Crippen MR) is 127 cm³/mol. The Morgan fingerprint density at radius 1 is 1.12 bits per heavy atom. The fourth-order valence-electron chi connectivity index (χ4n) is 4.44. The average molecular weight is 493 g/mol. The molecule has 0 radical (unpaired) electrons. The third kappa shape index (κ3) is 5.51. The largest absolute Gasteiger partial charge is 0.492 e. The van der Waals surface area contributed by atoms with Crippen LogP contribution in [0.1, 0.15) is 41.6 Å². The van der Waals surface area contributed by atoms with Crippen molar-refractivity contribution in [3.8, 4) is 5.75 Å². The number of nitrogens with one attached hydrogen (secondary N) is 1. The van der Waals surface area contributed by atoms with Gasteiger partial charge in [-0.1, -0.05) is 18.2 Å². The highest BCUT2D eigenvalue weighted by atomic mass is 35.5. The van der Waals surface area contributed by atoms with Gasteiger partial charge in [0.1, 0.15) is 23.7 Å². The van der Waals surface area contributed by atoms with Crippen LogP contribution in [0.5, 0.6) is 5.75 Å². The van der Waals surface area contributed by atoms with Gasteiger partial charge in [0, 0.05) is 25.8 Å². The average Bonchev–Trinajstić information content (AvgIpc) is 3.60. The molecule has 1 saturated carbocycles. The summed E-state index contributed by atoms with van der Waals surface area (Å²) in [4.78, 5) is 26.8. The first-order valence-corrected chi connectivity index (χ1v) is 11.2. The number of carbonyl (C=O) groups is 2. The zero-order chi connectivity index (χ0) is 23.5. The number of carbonyl (C=O) groups excluding carboxylic acids is 1. The smallest absolute Gasteiger partial charge is 0.335 e. The zero-order valence-electron chi connectivity index (χ0n) is 19.1. The molecule has 1 saturated heterocycles. The van der Waals surface area contributed by atoms with Crippen LogP contribution in [0.25, 0.3) is 0 Å². The van der Waals surface area contributed by atoms with E-state index in [-0.39, 0.29) is 29.7 Å². The third-order valence-corrected chi connectivity index (χ3v) is 6.75. The maximum atomic E-state index is 13.7. The Bertz CT molecular complexity index is 1010. The molecular formula is C25H30ClFN2O5. The Morgan fingerprint density at radius 3 is 2.38 bits per heavy atom. The molecule has 0 unspecified atom stereocenters. The number of carboxylic acid groups (broad SMARTS) is 1. The lowest BCUT2D eigenvalue weighted by Crippen LogP contribution is -2.62. The molecule has 4 rings (SSSR count). The van der Waals surface area contributed by atoms with E-state index in [9.17, 15) is 14.0 Å². The van der Waals surface area contributed by atoms with Gasteiger partial charge in [-0.15, -0.1) is 12.4 Å². The van der Waals surface area contributed by atoms with E-state index in [1.54, 1.807) is 36.4 Å². The van der Waals surface area contributed by atoms with Crippen molar-refractivity contribution >= 4 is 24.3 Å². The summed E-state index contributed by atoms with van der Waals surface area (Å²) >= 11 is 0. The van der Waals surface area contributed by atoms with Crippen LogP contribution < -0.4 is 10.1 Å². The van der Waals surface area contributed by atoms with E-state index < -0.39 is 17.0 Å². The van der Waals surface area contributed by atoms with Gasteiger partial charge >= 0.3 is 5.97 Å². The van der Waals surface area contributed by atoms with Gasteiger partial charge in [-0.25, -0.2) is 9.18 Å². The van der Waals surface area contributed by atoms with E-state index >= 15 is 0 Å². The minimum Gasteiger partial charge on any atom is -0.492 e. The van der Waals surface area contributed by atoms with E-state index in [4.69, 9.17) is 14.6 Å². The lowest BCUT2D eigenvalue weighted by atomic mass is 9.86. The van der Waals surface area contributed by atoms with Gasteiger partial charge in [-0.05, 0) is 62.6 Å². The monoisotopic (exact) mass is 492 g/mol. The highest BCUT2D eigenvalue weighted by molar-refractivity contribution is 5.88. The van der Waals surface area contributed by atoms with Crippen molar-refractivity contribution < 1.29 is 28.6 Å². The molecule has 0 spiro atoms. The number of benzene rings is 2. The van der Waals surface area contributed by atoms with Crippen LogP contribution in [0.15, 0.2) is 48.5 Å². The van der Waals surface area contributed by atoms with Gasteiger partial charge in [-0.2, -0.15) is 0 Å². The van der Waals surface area contributed by atoms with E-state index in [0.717, 1.165) is 18.4 Å². The first-order chi connectivity index (χ1) is 15.8. The Morgan fingerprint density at radius 2 is 1.79 bits per heavy atom. The van der Waals surface area contributed by atoms with Crippen LogP contribution in [0.2, 0.25) is 0 Å². The van der Waals surface area contributed by atoms with E-state index in [2.05, 4.69) is 5.32 Å². The Labute approximate surface area is 204 Å². The van der Waals surface area contributed by atoms with Gasteiger partial charge in [-0.3, -0.25) is 9.69 Å². The standard InChI is InChI=1S/C25H29FN2O5.ClH/c1-28(13-16-33-21-4-2-3-20(26)17-21)25(11-14-32-15-12-25)23(31)27-24(9-10-24)19-7-5-18(6-8-19)22(29)30;/h2-8,17H,9-16H2,1H3,(H,27,31)(H,29,30);1H. The molecule has 2 fully saturated rings. The summed E-state index contributed by atoms with van der Waals surface area (Å²) in [5, 5.41) is 12.4. The highest BCUT2D eigenvalue weighted by Crippen LogP contribution is 2.46. The van der Waals surface area contributed by atoms with Crippen LogP contribution in [0.3, 0.4) is 0 Å². The number of carboxylic acids is 1. The van der Waals surface area contributed by atoms with Crippen LogP contribution in [0.4, 0.5) is 4.39 Å². The normalized spacial score (nSPS) is 18.0. The zero-order valence-corrected chi connectivity index (χ0v) is 19.9. The van der Waals surface area contributed by atoms with E-state index in [1.807, 2.05) is 11.9 Å². The Kier molecular flexibility index (Phi) is 8.17. The van der Waals surface area contributed by atoms with Gasteiger partial charge in [0.25, 0.3) is 0 Å². The molecule has 2 aromatic rings. The van der Waals surface area contributed by atoms with Crippen LogP contribution in [-0.4, -0.2) is 60.8 Å². The number of aromatic carboxylic acids is 1. The topological polar surface area (TPSA) is 88.1 Å². The predicted octanol–water partition coefficient (Wildman–Crippen LogP) is 3.61. The van der Waals surface area contributed by atoms with Crippen molar-refractivity contribution in [2.24, 2.45) is 0 Å². The molecule has 0 aromatic heterocycles. The second-order valence-electron chi connectivity index (χ2n) is 8.79. The molecule has 1 aliphatic heterocycles. The minimum absolute atomic E-state index is 0. The van der Waals surface area contributed by atoms with Gasteiger partial charge < -0.3 is 19.9 Å². The summed E-state index contributed by atoms with van der Waals surface area (Å²) < 4.78 is 24.6. The lowest BCUT2D eigenvalue weighted by molar-refractivity contribution is -0.140. The summed E-state index contributed by atoms with van der Waals surface area (Å²) in [5.41, 5.74) is -0.0571. The van der Waals surface area contributed by atoms with Crippen LogP contribution in [-0.2, 0) is 15.1 Å². The number of likely N-dealkylation sites (N-methyl/N-ethyl adjacent to an activating group) is 1. The number of hydrogen-bond donors (Lipinski definition) is 2. The van der Waals surface area contributed by atoms with Crippen molar-refractivity contribution in [2.45, 2.75) is 36.8 Å². The Hall–Kier alpha value is -2.68. The summed E-state index contributed by atoms with van der Waals surface area (Å²) in [6.45, 7) is 1.79. The quantitative estimate of drug-likeness (QED) is 0.556. The number of nitrogens with zero attached hydrogens (tertiary/aromatic N) is 1. The summed E-state index contributed by atoms with van der Waals surface area (Å²) in [5.74, 6) is -0.930. The molecular weight excluding hydrogens is 463 g/mol. The molecule has 0 atom stereocenters. The Balaban J connectivity index is 0.00000324. The number of ether oxygens (including phenoxy) is 2. The molecule has 2 aliphatic rings. The van der Waals surface area contributed by atoms with E-state index in [0.29, 0.717) is 45.0 Å². The van der Waals surface area contributed by atoms with Gasteiger partial charge in [0.2, 0.25) is 5.91 Å². The van der Waals surface area contributed by atoms with Crippen molar-refractivity contribution in [2.75, 3.05) is 33.4 Å². The molecule has 2 N–H and O–H groups in total. The summed E-state index contributed by atoms with van der Waals surface area (Å²) in [6, 6.07) is 12.7. The maximum absolute atomic E-state index is 13.7. The second-order valence-corrected chi connectivity index (χ2v) is 8.79. The molecule has 9 heteroatoms. The van der Waals surface area contributed by atoms with Crippen LogP contribution in [0, 0.1) is 5.82 Å². The number of rotatable bonds is 9. The first kappa shape index (κ1) is 25.9. The molecule has 1 heterocycles. The molecule has 2 aromatic carbocycles. The number of hydrogen-bond acceptors (Lipinski definition) is 5. The van der Waals surface area contributed by atoms with Gasteiger partial charge in [0.05, 0.1) is 11.1 Å². The van der Waals surface area contributed by atoms with Crippen LogP contribution >= 0.6 is 12.4 Å². The number of amides is 1. The van der Waals surface area contributed by atoms with Crippen molar-refractivity contribution in [1.82, 2.24) is 10.2 Å². The lowest BCUT2D eigenvalue weighted by Gasteiger charge is -2.43. The second kappa shape index (κ2) is 10.7. The minimum atomic E-state index is -0.973. The van der Waals surface area contributed by atoms with E-state index in [1.165, 1.54) is 12.1 Å². The molecule has 1 aliphatic carbocycles. The van der Waals surface area contributed by atoms with Crippen molar-refractivity contribution in [3.05, 3.63) is 65.5 Å². The number of halogens is 2. The third-order valence-electron chi connectivity index (χ3n) is 6.75. The van der Waals surface area contributed by atoms with Crippen molar-refractivity contribution in [1.29, 1.82) is 0 Å². The highest BCUT2D eigenvalue weighted by Gasteiger charge is 2.51. The van der Waals surface area contributed by atoms with Gasteiger partial charge in [0.15, 0.2) is 0 Å². The van der Waals surface area contributed by atoms with Crippen molar-refractivity contribution in [3.63, 3.8) is 0 Å². The fraction of sp³-hybridized carbons (Fsp3) is 0.440.